The zero-order valence-electron chi connectivity index (χ0n) is 12.8. The van der Waals surface area contributed by atoms with Crippen LogP contribution in [0.25, 0.3) is 11.3 Å². The zero-order chi connectivity index (χ0) is 16.1. The highest BCUT2D eigenvalue weighted by molar-refractivity contribution is 5.73. The minimum absolute atomic E-state index is 0.354. The lowest BCUT2D eigenvalue weighted by molar-refractivity contribution is -0.144. The zero-order valence-corrected chi connectivity index (χ0v) is 12.8. The average Bonchev–Trinajstić information content (AvgIpc) is 2.55. The first-order valence-electron chi connectivity index (χ1n) is 6.97. The Labute approximate surface area is 128 Å². The van der Waals surface area contributed by atoms with E-state index >= 15 is 0 Å². The Morgan fingerprint density at radius 3 is 2.50 bits per heavy atom. The number of rotatable bonds is 5. The van der Waals surface area contributed by atoms with Crippen LogP contribution in [0.2, 0.25) is 0 Å². The normalized spacial score (nSPS) is 11.8. The summed E-state index contributed by atoms with van der Waals surface area (Å²) < 4.78 is 11.2. The van der Waals surface area contributed by atoms with Crippen LogP contribution < -0.4 is 10.3 Å². The van der Waals surface area contributed by atoms with E-state index in [2.05, 4.69) is 9.84 Å². The largest absolute Gasteiger partial charge is 0.494 e. The van der Waals surface area contributed by atoms with Crippen LogP contribution in [0.5, 0.6) is 5.75 Å². The molecule has 0 fully saturated rings. The van der Waals surface area contributed by atoms with Crippen LogP contribution in [0.4, 0.5) is 0 Å². The summed E-state index contributed by atoms with van der Waals surface area (Å²) in [7, 11) is 1.28. The van der Waals surface area contributed by atoms with Crippen LogP contribution in [0, 0.1) is 0 Å². The molecule has 6 nitrogen and oxygen atoms in total. The predicted molar refractivity (Wildman–Crippen MR) is 81.8 cm³/mol. The summed E-state index contributed by atoms with van der Waals surface area (Å²) in [5.74, 6) is 0.251. The van der Waals surface area contributed by atoms with Crippen molar-refractivity contribution in [2.24, 2.45) is 0 Å². The summed E-state index contributed by atoms with van der Waals surface area (Å²) in [5.41, 5.74) is 1.07. The molecule has 2 aromatic rings. The van der Waals surface area contributed by atoms with E-state index in [9.17, 15) is 9.59 Å². The Bertz CT molecular complexity index is 707. The van der Waals surface area contributed by atoms with E-state index in [0.29, 0.717) is 12.3 Å². The second-order valence-electron chi connectivity index (χ2n) is 4.66. The molecule has 0 saturated heterocycles. The van der Waals surface area contributed by atoms with Crippen molar-refractivity contribution in [1.82, 2.24) is 9.78 Å². The van der Waals surface area contributed by atoms with Gasteiger partial charge in [0.15, 0.2) is 6.04 Å². The Morgan fingerprint density at radius 2 is 1.91 bits per heavy atom. The van der Waals surface area contributed by atoms with Gasteiger partial charge in [0.1, 0.15) is 5.75 Å². The number of hydrogen-bond donors (Lipinski definition) is 0. The molecule has 0 bridgehead atoms. The third-order valence-electron chi connectivity index (χ3n) is 3.20. The molecule has 1 heterocycles. The van der Waals surface area contributed by atoms with Crippen molar-refractivity contribution in [3.8, 4) is 17.0 Å². The summed E-state index contributed by atoms with van der Waals surface area (Å²) in [5, 5.41) is 4.25. The molecule has 1 atom stereocenters. The van der Waals surface area contributed by atoms with Gasteiger partial charge in [-0.2, -0.15) is 5.10 Å². The van der Waals surface area contributed by atoms with Crippen molar-refractivity contribution < 1.29 is 14.3 Å². The summed E-state index contributed by atoms with van der Waals surface area (Å²) >= 11 is 0. The minimum Gasteiger partial charge on any atom is -0.494 e. The van der Waals surface area contributed by atoms with Gasteiger partial charge in [-0.15, -0.1) is 0 Å². The fourth-order valence-corrected chi connectivity index (χ4v) is 2.02. The first-order valence-corrected chi connectivity index (χ1v) is 6.97. The van der Waals surface area contributed by atoms with Gasteiger partial charge < -0.3 is 9.47 Å². The molecule has 0 aliphatic carbocycles. The maximum Gasteiger partial charge on any atom is 0.330 e. The van der Waals surface area contributed by atoms with Crippen molar-refractivity contribution in [3.63, 3.8) is 0 Å². The third-order valence-corrected chi connectivity index (χ3v) is 3.20. The Morgan fingerprint density at radius 1 is 1.23 bits per heavy atom. The highest BCUT2D eigenvalue weighted by atomic mass is 16.5. The predicted octanol–water partition coefficient (Wildman–Crippen LogP) is 2.04. The van der Waals surface area contributed by atoms with Gasteiger partial charge >= 0.3 is 5.97 Å². The highest BCUT2D eigenvalue weighted by Gasteiger charge is 2.18. The fourth-order valence-electron chi connectivity index (χ4n) is 2.02. The summed E-state index contributed by atoms with van der Waals surface area (Å²) in [6, 6.07) is 9.60. The van der Waals surface area contributed by atoms with Crippen molar-refractivity contribution in [2.45, 2.75) is 19.9 Å². The molecule has 116 valence electrons. The molecule has 2 rings (SSSR count). The van der Waals surface area contributed by atoms with Gasteiger partial charge in [-0.25, -0.2) is 9.48 Å². The quantitative estimate of drug-likeness (QED) is 0.790. The molecule has 0 radical (unpaired) electrons. The molecule has 1 aromatic carbocycles. The van der Waals surface area contributed by atoms with Crippen molar-refractivity contribution in [3.05, 3.63) is 46.8 Å². The Balaban J connectivity index is 2.36. The van der Waals surface area contributed by atoms with Gasteiger partial charge in [0, 0.05) is 11.6 Å². The number of aromatic nitrogens is 2. The van der Waals surface area contributed by atoms with Crippen LogP contribution in [0.1, 0.15) is 19.9 Å². The van der Waals surface area contributed by atoms with E-state index in [1.165, 1.54) is 13.2 Å². The van der Waals surface area contributed by atoms with E-state index < -0.39 is 12.0 Å². The molecule has 0 spiro atoms. The molecule has 6 heteroatoms. The number of esters is 1. The van der Waals surface area contributed by atoms with Crippen LogP contribution in [-0.2, 0) is 9.53 Å². The molecule has 0 aliphatic rings. The second kappa shape index (κ2) is 6.89. The van der Waals surface area contributed by atoms with Gasteiger partial charge in [-0.1, -0.05) is 0 Å². The van der Waals surface area contributed by atoms with Crippen molar-refractivity contribution >= 4 is 5.97 Å². The number of methoxy groups -OCH3 is 1. The molecular weight excluding hydrogens is 284 g/mol. The number of carbonyl (C=O) groups excluding carboxylic acids is 1. The number of benzene rings is 1. The monoisotopic (exact) mass is 302 g/mol. The molecule has 0 aliphatic heterocycles. The lowest BCUT2D eigenvalue weighted by Crippen LogP contribution is -2.30. The van der Waals surface area contributed by atoms with Crippen LogP contribution in [0.15, 0.2) is 41.2 Å². The first kappa shape index (κ1) is 15.8. The van der Waals surface area contributed by atoms with Crippen molar-refractivity contribution in [1.29, 1.82) is 0 Å². The van der Waals surface area contributed by atoms with E-state index in [-0.39, 0.29) is 5.56 Å². The Kier molecular flexibility index (Phi) is 4.93. The molecule has 0 amide bonds. The van der Waals surface area contributed by atoms with E-state index in [1.54, 1.807) is 13.0 Å². The lowest BCUT2D eigenvalue weighted by Gasteiger charge is -2.12. The topological polar surface area (TPSA) is 70.4 Å². The van der Waals surface area contributed by atoms with E-state index in [4.69, 9.17) is 4.74 Å². The van der Waals surface area contributed by atoms with Gasteiger partial charge in [0.25, 0.3) is 5.56 Å². The smallest absolute Gasteiger partial charge is 0.330 e. The summed E-state index contributed by atoms with van der Waals surface area (Å²) in [6.07, 6.45) is 0. The maximum absolute atomic E-state index is 11.9. The van der Waals surface area contributed by atoms with E-state index in [1.807, 2.05) is 31.2 Å². The minimum atomic E-state index is -0.778. The van der Waals surface area contributed by atoms with Crippen molar-refractivity contribution in [2.75, 3.05) is 13.7 Å². The van der Waals surface area contributed by atoms with Gasteiger partial charge in [0.2, 0.25) is 0 Å². The van der Waals surface area contributed by atoms with Crippen LogP contribution in [0.3, 0.4) is 0 Å². The Hall–Kier alpha value is -2.63. The molecule has 0 unspecified atom stereocenters. The van der Waals surface area contributed by atoms with Crippen LogP contribution >= 0.6 is 0 Å². The standard InChI is InChI=1S/C16H18N2O4/c1-4-22-13-7-5-12(6-8-13)14-9-10-15(19)18(17-14)11(2)16(20)21-3/h5-11H,4H2,1-3H3/t11-/m0/s1. The number of ether oxygens (including phenoxy) is 2. The number of nitrogens with zero attached hydrogens (tertiary/aromatic N) is 2. The van der Waals surface area contributed by atoms with Gasteiger partial charge in [-0.3, -0.25) is 4.79 Å². The summed E-state index contributed by atoms with van der Waals surface area (Å²) in [6.45, 7) is 4.08. The average molecular weight is 302 g/mol. The number of hydrogen-bond acceptors (Lipinski definition) is 5. The fraction of sp³-hybridized carbons (Fsp3) is 0.312. The number of carbonyl (C=O) groups is 1. The molecular formula is C16H18N2O4. The van der Waals surface area contributed by atoms with E-state index in [0.717, 1.165) is 16.0 Å². The van der Waals surface area contributed by atoms with Gasteiger partial charge in [0.05, 0.1) is 19.4 Å². The maximum atomic E-state index is 11.9. The SMILES string of the molecule is CCOc1ccc(-c2ccc(=O)n([C@@H](C)C(=O)OC)n2)cc1. The summed E-state index contributed by atoms with van der Waals surface area (Å²) in [4.78, 5) is 23.5. The molecule has 0 N–H and O–H groups in total. The first-order chi connectivity index (χ1) is 10.6. The highest BCUT2D eigenvalue weighted by Crippen LogP contribution is 2.20. The second-order valence-corrected chi connectivity index (χ2v) is 4.66. The van der Waals surface area contributed by atoms with Crippen LogP contribution in [-0.4, -0.2) is 29.5 Å². The lowest BCUT2D eigenvalue weighted by atomic mass is 10.1. The molecule has 1 aromatic heterocycles. The molecule has 22 heavy (non-hydrogen) atoms. The molecule has 0 saturated carbocycles. The van der Waals surface area contributed by atoms with Gasteiger partial charge in [-0.05, 0) is 44.2 Å². The third kappa shape index (κ3) is 3.33.